The van der Waals surface area contributed by atoms with E-state index in [4.69, 9.17) is 27.8 Å². The molecule has 2 aromatic rings. The number of carbonyl (C=O) groups is 2. The third kappa shape index (κ3) is 8.14. The summed E-state index contributed by atoms with van der Waals surface area (Å²) < 4.78 is 5.16. The molecule has 8 nitrogen and oxygen atoms in total. The number of aryl methyl sites for hydroxylation is 1. The van der Waals surface area contributed by atoms with Crippen molar-refractivity contribution in [3.05, 3.63) is 63.7 Å². The number of carbonyl (C=O) groups excluding carboxylic acids is 2. The zero-order valence-electron chi connectivity index (χ0n) is 19.4. The fourth-order valence-corrected chi connectivity index (χ4v) is 3.69. The lowest BCUT2D eigenvalue weighted by Gasteiger charge is -2.24. The molecule has 0 fully saturated rings. The quantitative estimate of drug-likeness (QED) is 0.355. The molecular formula is C24H32ClN5O3. The van der Waals surface area contributed by atoms with Crippen LogP contribution in [-0.2, 0) is 20.9 Å². The highest BCUT2D eigenvalue weighted by Crippen LogP contribution is 2.27. The van der Waals surface area contributed by atoms with Crippen LogP contribution in [0, 0.1) is 6.92 Å². The van der Waals surface area contributed by atoms with Gasteiger partial charge in [0.05, 0.1) is 13.2 Å². The fourth-order valence-electron chi connectivity index (χ4n) is 3.56. The van der Waals surface area contributed by atoms with Crippen molar-refractivity contribution < 1.29 is 14.3 Å². The summed E-state index contributed by atoms with van der Waals surface area (Å²) in [6.45, 7) is 5.97. The van der Waals surface area contributed by atoms with E-state index in [9.17, 15) is 9.59 Å². The normalized spacial score (nSPS) is 12.6. The van der Waals surface area contributed by atoms with Gasteiger partial charge in [0.2, 0.25) is 6.41 Å². The van der Waals surface area contributed by atoms with Crippen LogP contribution >= 0.6 is 11.6 Å². The number of ether oxygens (including phenoxy) is 1. The molecule has 33 heavy (non-hydrogen) atoms. The highest BCUT2D eigenvalue weighted by atomic mass is 35.5. The lowest BCUT2D eigenvalue weighted by Crippen LogP contribution is -2.23. The van der Waals surface area contributed by atoms with E-state index in [1.54, 1.807) is 18.0 Å². The Kier molecular flexibility index (Phi) is 10.3. The van der Waals surface area contributed by atoms with Gasteiger partial charge in [0, 0.05) is 35.8 Å². The minimum atomic E-state index is -0.343. The number of allylic oxidation sites excluding steroid dienone is 1. The third-order valence-corrected chi connectivity index (χ3v) is 5.81. The lowest BCUT2D eigenvalue weighted by molar-refractivity contribution is -0.140. The molecule has 0 aliphatic heterocycles. The second-order valence-corrected chi connectivity index (χ2v) is 8.30. The second-order valence-electron chi connectivity index (χ2n) is 7.86. The smallest absolute Gasteiger partial charge is 0.302 e. The zero-order valence-corrected chi connectivity index (χ0v) is 20.1. The lowest BCUT2D eigenvalue weighted by atomic mass is 9.91. The van der Waals surface area contributed by atoms with Crippen molar-refractivity contribution in [3.8, 4) is 0 Å². The summed E-state index contributed by atoms with van der Waals surface area (Å²) in [6, 6.07) is 7.66. The Morgan fingerprint density at radius 3 is 2.52 bits per heavy atom. The Bertz CT molecular complexity index is 979. The molecule has 0 unspecified atom stereocenters. The molecule has 0 aliphatic carbocycles. The van der Waals surface area contributed by atoms with E-state index < -0.39 is 0 Å². The number of aromatic nitrogens is 2. The van der Waals surface area contributed by atoms with Crippen molar-refractivity contribution in [2.75, 3.05) is 18.9 Å². The van der Waals surface area contributed by atoms with E-state index >= 15 is 0 Å². The van der Waals surface area contributed by atoms with Crippen LogP contribution in [0.3, 0.4) is 0 Å². The molecule has 1 heterocycles. The maximum absolute atomic E-state index is 12.0. The number of hydrogen-bond acceptors (Lipinski definition) is 7. The van der Waals surface area contributed by atoms with Crippen LogP contribution in [0.1, 0.15) is 56.0 Å². The van der Waals surface area contributed by atoms with Gasteiger partial charge in [-0.2, -0.15) is 0 Å². The number of esters is 1. The Hall–Kier alpha value is -2.97. The number of nitrogens with zero attached hydrogens (tertiary/aromatic N) is 3. The molecule has 1 amide bonds. The number of nitrogens with two attached hydrogens (primary N) is 2. The monoisotopic (exact) mass is 473 g/mol. The number of rotatable bonds is 12. The highest BCUT2D eigenvalue weighted by Gasteiger charge is 2.17. The molecule has 0 saturated heterocycles. The number of amides is 1. The van der Waals surface area contributed by atoms with E-state index in [0.717, 1.165) is 29.7 Å². The summed E-state index contributed by atoms with van der Waals surface area (Å²) in [7, 11) is 0. The first-order valence-electron chi connectivity index (χ1n) is 10.8. The first kappa shape index (κ1) is 26.3. The van der Waals surface area contributed by atoms with Crippen LogP contribution in [0.2, 0.25) is 5.02 Å². The van der Waals surface area contributed by atoms with Crippen LogP contribution in [-0.4, -0.2) is 40.4 Å². The minimum absolute atomic E-state index is 0.129. The fraction of sp³-hybridized carbons (Fsp3) is 0.417. The number of anilines is 1. The Balaban J connectivity index is 2.24. The predicted octanol–water partition coefficient (Wildman–Crippen LogP) is 3.73. The SMILES string of the molecule is CC(=O)OCCC(CC[C@H](CN)c1ccc(Cl)cc1)=C(C)N(C=O)Cc1cnc(C)nc1N. The summed E-state index contributed by atoms with van der Waals surface area (Å²) in [4.78, 5) is 33.1. The van der Waals surface area contributed by atoms with Crippen molar-refractivity contribution >= 4 is 29.8 Å². The molecule has 1 aromatic carbocycles. The van der Waals surface area contributed by atoms with Crippen molar-refractivity contribution in [3.63, 3.8) is 0 Å². The number of nitrogen functional groups attached to an aromatic ring is 1. The van der Waals surface area contributed by atoms with Crippen LogP contribution in [0.15, 0.2) is 41.7 Å². The van der Waals surface area contributed by atoms with Gasteiger partial charge < -0.3 is 21.1 Å². The molecule has 0 aliphatic rings. The molecular weight excluding hydrogens is 442 g/mol. The van der Waals surface area contributed by atoms with Crippen LogP contribution in [0.4, 0.5) is 5.82 Å². The first-order chi connectivity index (χ1) is 15.7. The van der Waals surface area contributed by atoms with Gasteiger partial charge >= 0.3 is 5.97 Å². The van der Waals surface area contributed by atoms with Crippen LogP contribution in [0.25, 0.3) is 0 Å². The topological polar surface area (TPSA) is 124 Å². The number of benzene rings is 1. The molecule has 4 N–H and O–H groups in total. The van der Waals surface area contributed by atoms with Gasteiger partial charge in [-0.1, -0.05) is 23.7 Å². The molecule has 1 aromatic heterocycles. The van der Waals surface area contributed by atoms with Crippen molar-refractivity contribution in [2.45, 2.75) is 52.5 Å². The Morgan fingerprint density at radius 2 is 1.94 bits per heavy atom. The van der Waals surface area contributed by atoms with E-state index in [0.29, 0.717) is 41.6 Å². The average molecular weight is 474 g/mol. The molecule has 178 valence electrons. The zero-order chi connectivity index (χ0) is 24.4. The van der Waals surface area contributed by atoms with Gasteiger partial charge in [0.15, 0.2) is 0 Å². The summed E-state index contributed by atoms with van der Waals surface area (Å²) >= 11 is 6.01. The van der Waals surface area contributed by atoms with Gasteiger partial charge in [-0.05, 0) is 62.4 Å². The van der Waals surface area contributed by atoms with Crippen LogP contribution < -0.4 is 11.5 Å². The molecule has 0 radical (unpaired) electrons. The van der Waals surface area contributed by atoms with Crippen molar-refractivity contribution in [2.24, 2.45) is 5.73 Å². The minimum Gasteiger partial charge on any atom is -0.466 e. The second kappa shape index (κ2) is 12.9. The molecule has 0 spiro atoms. The van der Waals surface area contributed by atoms with Gasteiger partial charge in [-0.3, -0.25) is 9.59 Å². The van der Waals surface area contributed by atoms with Crippen molar-refractivity contribution in [1.82, 2.24) is 14.9 Å². The van der Waals surface area contributed by atoms with Crippen LogP contribution in [0.5, 0.6) is 0 Å². The molecule has 0 saturated carbocycles. The average Bonchev–Trinajstić information content (AvgIpc) is 2.78. The van der Waals surface area contributed by atoms with E-state index in [1.165, 1.54) is 6.92 Å². The summed E-state index contributed by atoms with van der Waals surface area (Å²) in [5.41, 5.74) is 15.6. The first-order valence-corrected chi connectivity index (χ1v) is 11.2. The highest BCUT2D eigenvalue weighted by molar-refractivity contribution is 6.30. The Morgan fingerprint density at radius 1 is 1.24 bits per heavy atom. The summed E-state index contributed by atoms with van der Waals surface area (Å²) in [6.07, 6.45) is 4.35. The summed E-state index contributed by atoms with van der Waals surface area (Å²) in [5.74, 6) is 0.697. The van der Waals surface area contributed by atoms with Crippen molar-refractivity contribution in [1.29, 1.82) is 0 Å². The summed E-state index contributed by atoms with van der Waals surface area (Å²) in [5, 5.41) is 0.674. The largest absolute Gasteiger partial charge is 0.466 e. The van der Waals surface area contributed by atoms with Gasteiger partial charge in [-0.25, -0.2) is 9.97 Å². The van der Waals surface area contributed by atoms with Gasteiger partial charge in [0.25, 0.3) is 0 Å². The number of hydrogen-bond donors (Lipinski definition) is 2. The van der Waals surface area contributed by atoms with Gasteiger partial charge in [-0.15, -0.1) is 0 Å². The predicted molar refractivity (Wildman–Crippen MR) is 129 cm³/mol. The maximum Gasteiger partial charge on any atom is 0.302 e. The molecule has 0 bridgehead atoms. The van der Waals surface area contributed by atoms with Gasteiger partial charge in [0.1, 0.15) is 11.6 Å². The van der Waals surface area contributed by atoms with E-state index in [1.807, 2.05) is 31.2 Å². The standard InChI is InChI=1S/C24H32ClN5O3/c1-16(30(15-31)14-22-13-28-17(2)29-24(22)27)19(10-11-33-18(3)32)4-5-21(12-26)20-6-8-23(25)9-7-20/h6-9,13,15,21H,4-5,10-12,14,26H2,1-3H3,(H2,27,28,29)/t21-/m1/s1. The molecule has 1 atom stereocenters. The van der Waals surface area contributed by atoms with E-state index in [2.05, 4.69) is 9.97 Å². The molecule has 9 heteroatoms. The molecule has 2 rings (SSSR count). The number of halogens is 1. The maximum atomic E-state index is 12.0. The van der Waals surface area contributed by atoms with E-state index in [-0.39, 0.29) is 25.0 Å². The third-order valence-electron chi connectivity index (χ3n) is 5.56. The Labute approximate surface area is 200 Å².